The van der Waals surface area contributed by atoms with E-state index in [0.29, 0.717) is 12.8 Å². The lowest BCUT2D eigenvalue weighted by atomic mass is 9.89. The second-order valence-electron chi connectivity index (χ2n) is 14.2. The second kappa shape index (κ2) is 22.7. The van der Waals surface area contributed by atoms with Crippen LogP contribution < -0.4 is 5.32 Å². The molecule has 0 spiro atoms. The molecule has 1 aromatic rings. The number of hydrogen-bond acceptors (Lipinski definition) is 5. The maximum absolute atomic E-state index is 13.4. The zero-order chi connectivity index (χ0) is 32.8. The fourth-order valence-electron chi connectivity index (χ4n) is 5.30. The van der Waals surface area contributed by atoms with Crippen molar-refractivity contribution in [1.82, 2.24) is 5.32 Å². The van der Waals surface area contributed by atoms with Gasteiger partial charge in [-0.15, -0.1) is 0 Å². The number of unbranched alkanes of at least 4 members (excludes halogenated alkanes) is 11. The van der Waals surface area contributed by atoms with Crippen molar-refractivity contribution in [3.63, 3.8) is 0 Å². The van der Waals surface area contributed by atoms with Crippen LogP contribution >= 0.6 is 0 Å². The summed E-state index contributed by atoms with van der Waals surface area (Å²) in [6.07, 6.45) is 16.5. The van der Waals surface area contributed by atoms with Crippen LogP contribution in [0.5, 0.6) is 0 Å². The number of amides is 1. The molecule has 0 aliphatic rings. The summed E-state index contributed by atoms with van der Waals surface area (Å²) in [7, 11) is -2.07. The molecule has 3 atom stereocenters. The summed E-state index contributed by atoms with van der Waals surface area (Å²) in [5.41, 5.74) is 0.899. The van der Waals surface area contributed by atoms with Gasteiger partial charge in [0.15, 0.2) is 8.32 Å². The first-order valence-electron chi connectivity index (χ1n) is 17.7. The average Bonchev–Trinajstić information content (AvgIpc) is 2.97. The largest absolute Gasteiger partial charge is 0.460 e. The Bertz CT molecular complexity index is 886. The summed E-state index contributed by atoms with van der Waals surface area (Å²) in [4.78, 5) is 25.8. The molecular weight excluding hydrogens is 566 g/mol. The quantitative estimate of drug-likeness (QED) is 0.0636. The van der Waals surface area contributed by atoms with E-state index in [1.807, 2.05) is 30.3 Å². The monoisotopic (exact) mass is 633 g/mol. The number of aliphatic hydroxyl groups excluding tert-OH is 1. The summed E-state index contributed by atoms with van der Waals surface area (Å²) in [5, 5.41) is 14.4. The van der Waals surface area contributed by atoms with Crippen molar-refractivity contribution in [3.05, 3.63) is 35.9 Å². The Morgan fingerprint density at radius 2 is 1.34 bits per heavy atom. The maximum Gasteiger partial charge on any atom is 0.325 e. The molecule has 0 saturated carbocycles. The van der Waals surface area contributed by atoms with E-state index in [0.717, 1.165) is 44.1 Å². The van der Waals surface area contributed by atoms with Gasteiger partial charge < -0.3 is 19.6 Å². The van der Waals surface area contributed by atoms with E-state index in [4.69, 9.17) is 9.16 Å². The molecule has 44 heavy (non-hydrogen) atoms. The summed E-state index contributed by atoms with van der Waals surface area (Å²) in [5.74, 6) is -1.34. The van der Waals surface area contributed by atoms with Gasteiger partial charge in [-0.1, -0.05) is 148 Å². The minimum Gasteiger partial charge on any atom is -0.460 e. The van der Waals surface area contributed by atoms with Crippen molar-refractivity contribution in [3.8, 4) is 0 Å². The van der Waals surface area contributed by atoms with Crippen LogP contribution in [0.1, 0.15) is 143 Å². The Hall–Kier alpha value is -1.70. The van der Waals surface area contributed by atoms with Crippen LogP contribution in [-0.4, -0.2) is 44.1 Å². The van der Waals surface area contributed by atoms with Crippen molar-refractivity contribution >= 4 is 20.2 Å². The van der Waals surface area contributed by atoms with Crippen LogP contribution in [0.4, 0.5) is 0 Å². The molecule has 0 aromatic heterocycles. The van der Waals surface area contributed by atoms with Crippen LogP contribution in [-0.2, 0) is 25.4 Å². The minimum absolute atomic E-state index is 0.0612. The normalized spacial score (nSPS) is 14.2. The zero-order valence-corrected chi connectivity index (χ0v) is 30.4. The van der Waals surface area contributed by atoms with Crippen molar-refractivity contribution in [1.29, 1.82) is 0 Å². The first-order chi connectivity index (χ1) is 20.9. The van der Waals surface area contributed by atoms with E-state index in [1.165, 1.54) is 51.4 Å². The molecular formula is C37H67NO5Si. The standard InChI is InChI=1S/C37H67NO5Si/c1-8-10-12-14-15-16-17-18-22-26-32(43-44(6,7)37(3,4)5)28-34(39)33(27-23-13-11-9-2)36(41)38-29-35(40)42-30-31-24-20-19-21-25-31/h19-21,24-25,32-34,39H,8-18,22-23,26-30H2,1-7H3,(H,38,41)/t32-,33+,34-/m1/s1. The van der Waals surface area contributed by atoms with Crippen molar-refractivity contribution < 1.29 is 23.9 Å². The van der Waals surface area contributed by atoms with Crippen LogP contribution in [0, 0.1) is 5.92 Å². The predicted molar refractivity (Wildman–Crippen MR) is 186 cm³/mol. The number of carbonyl (C=O) groups excluding carboxylic acids is 2. The van der Waals surface area contributed by atoms with Crippen molar-refractivity contribution in [2.24, 2.45) is 5.92 Å². The van der Waals surface area contributed by atoms with Crippen molar-refractivity contribution in [2.45, 2.75) is 174 Å². The molecule has 7 heteroatoms. The van der Waals surface area contributed by atoms with Crippen LogP contribution in [0.25, 0.3) is 0 Å². The molecule has 0 radical (unpaired) electrons. The number of ether oxygens (including phenoxy) is 1. The highest BCUT2D eigenvalue weighted by atomic mass is 28.4. The van der Waals surface area contributed by atoms with Gasteiger partial charge in [0.2, 0.25) is 5.91 Å². The topological polar surface area (TPSA) is 84.9 Å². The third-order valence-corrected chi connectivity index (χ3v) is 13.8. The molecule has 0 heterocycles. The van der Waals surface area contributed by atoms with Gasteiger partial charge in [-0.25, -0.2) is 0 Å². The number of rotatable bonds is 25. The Kier molecular flexibility index (Phi) is 20.8. The van der Waals surface area contributed by atoms with E-state index in [-0.39, 0.29) is 30.2 Å². The lowest BCUT2D eigenvalue weighted by Gasteiger charge is -2.40. The molecule has 0 fully saturated rings. The van der Waals surface area contributed by atoms with Gasteiger partial charge in [0.05, 0.1) is 12.0 Å². The Labute approximate surface area is 271 Å². The predicted octanol–water partition coefficient (Wildman–Crippen LogP) is 9.49. The van der Waals surface area contributed by atoms with E-state index in [9.17, 15) is 14.7 Å². The number of carbonyl (C=O) groups is 2. The third kappa shape index (κ3) is 17.7. The molecule has 1 aromatic carbocycles. The molecule has 1 rings (SSSR count). The molecule has 1 amide bonds. The van der Waals surface area contributed by atoms with Crippen LogP contribution in [0.15, 0.2) is 30.3 Å². The van der Waals surface area contributed by atoms with E-state index < -0.39 is 26.3 Å². The lowest BCUT2D eigenvalue weighted by Crippen LogP contribution is -2.46. The van der Waals surface area contributed by atoms with Gasteiger partial charge in [0, 0.05) is 6.10 Å². The first-order valence-corrected chi connectivity index (χ1v) is 20.6. The molecule has 2 N–H and O–H groups in total. The van der Waals surface area contributed by atoms with Gasteiger partial charge in [0.25, 0.3) is 0 Å². The Morgan fingerprint density at radius 3 is 1.91 bits per heavy atom. The number of nitrogens with one attached hydrogen (secondary N) is 1. The molecule has 0 unspecified atom stereocenters. The first kappa shape index (κ1) is 40.3. The summed E-state index contributed by atoms with van der Waals surface area (Å²) < 4.78 is 12.2. The minimum atomic E-state index is -2.07. The van der Waals surface area contributed by atoms with Crippen molar-refractivity contribution in [2.75, 3.05) is 6.54 Å². The Balaban J connectivity index is 2.80. The zero-order valence-electron chi connectivity index (χ0n) is 29.4. The molecule has 0 aliphatic carbocycles. The molecule has 254 valence electrons. The SMILES string of the molecule is CCCCCCCCCCC[C@H](C[C@@H](O)[C@H](CCCCCC)C(=O)NCC(=O)OCc1ccccc1)O[Si](C)(C)C(C)(C)C. The molecule has 6 nitrogen and oxygen atoms in total. The number of hydrogen-bond donors (Lipinski definition) is 2. The highest BCUT2D eigenvalue weighted by Crippen LogP contribution is 2.38. The third-order valence-electron chi connectivity index (χ3n) is 9.22. The summed E-state index contributed by atoms with van der Waals surface area (Å²) >= 11 is 0. The van der Waals surface area contributed by atoms with Gasteiger partial charge in [-0.05, 0) is 43.0 Å². The summed E-state index contributed by atoms with van der Waals surface area (Å²) in [6.45, 7) is 15.6. The Morgan fingerprint density at radius 1 is 0.818 bits per heavy atom. The fourth-order valence-corrected chi connectivity index (χ4v) is 6.70. The molecule has 0 aliphatic heterocycles. The van der Waals surface area contributed by atoms with Gasteiger partial charge in [-0.2, -0.15) is 0 Å². The van der Waals surface area contributed by atoms with E-state index in [1.54, 1.807) is 0 Å². The molecule has 0 saturated heterocycles. The van der Waals surface area contributed by atoms with Gasteiger partial charge in [0.1, 0.15) is 13.2 Å². The number of esters is 1. The van der Waals surface area contributed by atoms with Gasteiger partial charge >= 0.3 is 5.97 Å². The summed E-state index contributed by atoms with van der Waals surface area (Å²) in [6, 6.07) is 9.49. The van der Waals surface area contributed by atoms with Gasteiger partial charge in [-0.3, -0.25) is 9.59 Å². The fraction of sp³-hybridized carbons (Fsp3) is 0.784. The highest BCUT2D eigenvalue weighted by molar-refractivity contribution is 6.74. The van der Waals surface area contributed by atoms with Crippen LogP contribution in [0.2, 0.25) is 18.1 Å². The van der Waals surface area contributed by atoms with E-state index >= 15 is 0 Å². The van der Waals surface area contributed by atoms with E-state index in [2.05, 4.69) is 53.0 Å². The number of aliphatic hydroxyl groups is 1. The smallest absolute Gasteiger partial charge is 0.325 e. The maximum atomic E-state index is 13.4. The second-order valence-corrected chi connectivity index (χ2v) is 19.0. The average molecular weight is 634 g/mol. The molecule has 0 bridgehead atoms. The number of benzene rings is 1. The highest BCUT2D eigenvalue weighted by Gasteiger charge is 2.40. The van der Waals surface area contributed by atoms with Crippen LogP contribution in [0.3, 0.4) is 0 Å². The lowest BCUT2D eigenvalue weighted by molar-refractivity contribution is -0.146.